The second kappa shape index (κ2) is 9.49. The van der Waals surface area contributed by atoms with E-state index in [1.165, 1.54) is 12.3 Å². The quantitative estimate of drug-likeness (QED) is 0.699. The number of ether oxygens (including phenoxy) is 1. The van der Waals surface area contributed by atoms with Gasteiger partial charge < -0.3 is 19.6 Å². The van der Waals surface area contributed by atoms with E-state index in [1.54, 1.807) is 4.90 Å². The third-order valence-corrected chi connectivity index (χ3v) is 4.82. The first kappa shape index (κ1) is 23.0. The molecule has 1 amide bonds. The van der Waals surface area contributed by atoms with E-state index in [9.17, 15) is 22.4 Å². The zero-order valence-electron chi connectivity index (χ0n) is 15.9. The number of carboxylic acids is 1. The third-order valence-electron chi connectivity index (χ3n) is 4.82. The monoisotopic (exact) mass is 421 g/mol. The molecule has 1 spiro atoms. The number of carbonyl (C=O) groups is 2. The maximum Gasteiger partial charge on any atom is 0.490 e. The number of hydrogen-bond acceptors (Lipinski definition) is 5. The molecule has 1 N–H and O–H groups in total. The van der Waals surface area contributed by atoms with Crippen molar-refractivity contribution in [3.63, 3.8) is 0 Å². The normalized spacial score (nSPS) is 23.1. The first-order chi connectivity index (χ1) is 13.5. The Hall–Kier alpha value is -2.27. The molecule has 3 rings (SSSR count). The molecule has 0 radical (unpaired) electrons. The molecule has 1 aromatic rings. The summed E-state index contributed by atoms with van der Waals surface area (Å²) in [5, 5.41) is 7.12. The molecule has 0 bridgehead atoms. The summed E-state index contributed by atoms with van der Waals surface area (Å²) in [5.41, 5.74) is 0.0674. The van der Waals surface area contributed by atoms with Crippen LogP contribution in [0.1, 0.15) is 23.2 Å². The Morgan fingerprint density at radius 1 is 1.28 bits per heavy atom. The fourth-order valence-corrected chi connectivity index (χ4v) is 3.55. The molecule has 1 aromatic heterocycles. The molecule has 1 atom stereocenters. The van der Waals surface area contributed by atoms with Crippen molar-refractivity contribution in [3.05, 3.63) is 29.8 Å². The van der Waals surface area contributed by atoms with E-state index < -0.39 is 18.0 Å². The van der Waals surface area contributed by atoms with E-state index in [-0.39, 0.29) is 16.9 Å². The van der Waals surface area contributed by atoms with E-state index in [0.29, 0.717) is 19.7 Å². The van der Waals surface area contributed by atoms with E-state index in [0.717, 1.165) is 38.7 Å². The van der Waals surface area contributed by atoms with Gasteiger partial charge in [-0.3, -0.25) is 9.78 Å². The van der Waals surface area contributed by atoms with Crippen molar-refractivity contribution in [3.8, 4) is 0 Å². The molecule has 29 heavy (non-hydrogen) atoms. The number of likely N-dealkylation sites (tertiary alicyclic amines) is 1. The summed E-state index contributed by atoms with van der Waals surface area (Å²) in [7, 11) is 2.08. The zero-order chi connectivity index (χ0) is 21.7. The highest BCUT2D eigenvalue weighted by atomic mass is 19.4. The SMILES string of the molecule is CN1CCOCC2(CCCN(C(=O)c3ccncc3F)C2)C1.O=C(O)C(F)(F)F. The lowest BCUT2D eigenvalue weighted by atomic mass is 9.80. The molecule has 0 saturated carbocycles. The van der Waals surface area contributed by atoms with Gasteiger partial charge in [0.1, 0.15) is 0 Å². The highest BCUT2D eigenvalue weighted by Gasteiger charge is 2.40. The number of piperidine rings is 1. The average molecular weight is 421 g/mol. The summed E-state index contributed by atoms with van der Waals surface area (Å²) in [6.07, 6.45) is -0.566. The van der Waals surface area contributed by atoms with E-state index in [4.69, 9.17) is 14.6 Å². The lowest BCUT2D eigenvalue weighted by Gasteiger charge is -2.43. The number of pyridine rings is 1. The molecule has 3 heterocycles. The third kappa shape index (κ3) is 6.36. The fourth-order valence-electron chi connectivity index (χ4n) is 3.55. The van der Waals surface area contributed by atoms with Crippen LogP contribution < -0.4 is 0 Å². The topological polar surface area (TPSA) is 83.0 Å². The van der Waals surface area contributed by atoms with Crippen LogP contribution in [0.25, 0.3) is 0 Å². The molecule has 2 aliphatic rings. The van der Waals surface area contributed by atoms with Gasteiger partial charge >= 0.3 is 12.1 Å². The number of aliphatic carboxylic acids is 1. The molecule has 0 aliphatic carbocycles. The van der Waals surface area contributed by atoms with Gasteiger partial charge in [-0.15, -0.1) is 0 Å². The van der Waals surface area contributed by atoms with Crippen LogP contribution in [0, 0.1) is 11.2 Å². The second-order valence-electron chi connectivity index (χ2n) is 7.28. The van der Waals surface area contributed by atoms with Gasteiger partial charge in [-0.1, -0.05) is 0 Å². The summed E-state index contributed by atoms with van der Waals surface area (Å²) in [4.78, 5) is 29.2. The Morgan fingerprint density at radius 2 is 1.97 bits per heavy atom. The Kier molecular flexibility index (Phi) is 7.53. The van der Waals surface area contributed by atoms with Gasteiger partial charge in [-0.25, -0.2) is 9.18 Å². The smallest absolute Gasteiger partial charge is 0.475 e. The number of aromatic nitrogens is 1. The molecule has 1 unspecified atom stereocenters. The van der Waals surface area contributed by atoms with Gasteiger partial charge in [0.15, 0.2) is 5.82 Å². The Bertz CT molecular complexity index is 731. The summed E-state index contributed by atoms with van der Waals surface area (Å²) in [5.74, 6) is -3.56. The summed E-state index contributed by atoms with van der Waals surface area (Å²) in [6.45, 7) is 4.51. The average Bonchev–Trinajstić information content (AvgIpc) is 2.82. The van der Waals surface area contributed by atoms with Crippen LogP contribution in [-0.4, -0.2) is 84.4 Å². The van der Waals surface area contributed by atoms with Crippen LogP contribution in [0.5, 0.6) is 0 Å². The summed E-state index contributed by atoms with van der Waals surface area (Å²) in [6, 6.07) is 1.45. The predicted octanol–water partition coefficient (Wildman–Crippen LogP) is 2.04. The van der Waals surface area contributed by atoms with Gasteiger partial charge in [0, 0.05) is 37.8 Å². The van der Waals surface area contributed by atoms with Gasteiger partial charge in [0.25, 0.3) is 5.91 Å². The number of nitrogens with zero attached hydrogens (tertiary/aromatic N) is 3. The van der Waals surface area contributed by atoms with Crippen LogP contribution in [-0.2, 0) is 9.53 Å². The van der Waals surface area contributed by atoms with Gasteiger partial charge in [0.2, 0.25) is 0 Å². The lowest BCUT2D eigenvalue weighted by Crippen LogP contribution is -2.51. The molecular formula is C18H23F4N3O4. The van der Waals surface area contributed by atoms with Crippen molar-refractivity contribution in [1.29, 1.82) is 0 Å². The highest BCUT2D eigenvalue weighted by molar-refractivity contribution is 5.94. The van der Waals surface area contributed by atoms with Crippen molar-refractivity contribution >= 4 is 11.9 Å². The first-order valence-electron chi connectivity index (χ1n) is 8.99. The van der Waals surface area contributed by atoms with Gasteiger partial charge in [0.05, 0.1) is 25.0 Å². The van der Waals surface area contributed by atoms with E-state index in [1.807, 2.05) is 0 Å². The van der Waals surface area contributed by atoms with Crippen molar-refractivity contribution in [2.75, 3.05) is 46.4 Å². The minimum atomic E-state index is -5.08. The minimum Gasteiger partial charge on any atom is -0.475 e. The van der Waals surface area contributed by atoms with Gasteiger partial charge in [-0.2, -0.15) is 13.2 Å². The van der Waals surface area contributed by atoms with Crippen molar-refractivity contribution in [2.24, 2.45) is 5.41 Å². The number of carbonyl (C=O) groups excluding carboxylic acids is 1. The van der Waals surface area contributed by atoms with Crippen molar-refractivity contribution in [1.82, 2.24) is 14.8 Å². The van der Waals surface area contributed by atoms with Gasteiger partial charge in [-0.05, 0) is 26.0 Å². The van der Waals surface area contributed by atoms with Crippen LogP contribution in [0.15, 0.2) is 18.5 Å². The van der Waals surface area contributed by atoms with Crippen molar-refractivity contribution in [2.45, 2.75) is 19.0 Å². The first-order valence-corrected chi connectivity index (χ1v) is 8.99. The molecule has 7 nitrogen and oxygen atoms in total. The lowest BCUT2D eigenvalue weighted by molar-refractivity contribution is -0.192. The Balaban J connectivity index is 0.000000370. The fraction of sp³-hybridized carbons (Fsp3) is 0.611. The number of likely N-dealkylation sites (N-methyl/N-ethyl adjacent to an activating group) is 1. The predicted molar refractivity (Wildman–Crippen MR) is 93.8 cm³/mol. The standard InChI is InChI=1S/C16H22FN3O2.C2HF3O2/c1-19-7-8-22-12-16(10-19)4-2-6-20(11-16)15(21)13-3-5-18-9-14(13)17;3-2(4,5)1(6)7/h3,5,9H,2,4,6-8,10-12H2,1H3;(H,6,7). The molecule has 2 saturated heterocycles. The largest absolute Gasteiger partial charge is 0.490 e. The molecule has 0 aromatic carbocycles. The molecule has 11 heteroatoms. The summed E-state index contributed by atoms with van der Waals surface area (Å²) >= 11 is 0. The highest BCUT2D eigenvalue weighted by Crippen LogP contribution is 2.33. The molecule has 2 fully saturated rings. The second-order valence-corrected chi connectivity index (χ2v) is 7.28. The van der Waals surface area contributed by atoms with Crippen LogP contribution in [0.2, 0.25) is 0 Å². The van der Waals surface area contributed by atoms with Crippen molar-refractivity contribution < 1.29 is 37.0 Å². The number of carboxylic acid groups (broad SMARTS) is 1. The number of halogens is 4. The van der Waals surface area contributed by atoms with Crippen LogP contribution in [0.3, 0.4) is 0 Å². The number of hydrogen-bond donors (Lipinski definition) is 1. The van der Waals surface area contributed by atoms with Crippen LogP contribution in [0.4, 0.5) is 17.6 Å². The Morgan fingerprint density at radius 3 is 2.59 bits per heavy atom. The number of amides is 1. The maximum absolute atomic E-state index is 13.8. The Labute approximate surface area is 165 Å². The van der Waals surface area contributed by atoms with E-state index >= 15 is 0 Å². The molecule has 162 valence electrons. The van der Waals surface area contributed by atoms with E-state index in [2.05, 4.69) is 16.9 Å². The minimum absolute atomic E-state index is 0.0390. The number of alkyl halides is 3. The molecule has 2 aliphatic heterocycles. The molecular weight excluding hydrogens is 398 g/mol. The summed E-state index contributed by atoms with van der Waals surface area (Å²) < 4.78 is 51.3. The van der Waals surface area contributed by atoms with Crippen LogP contribution >= 0.6 is 0 Å². The number of rotatable bonds is 1. The maximum atomic E-state index is 13.8. The zero-order valence-corrected chi connectivity index (χ0v) is 15.9.